The van der Waals surface area contributed by atoms with E-state index in [0.717, 1.165) is 33.2 Å². The predicted molar refractivity (Wildman–Crippen MR) is 134 cm³/mol. The van der Waals surface area contributed by atoms with E-state index >= 15 is 0 Å². The summed E-state index contributed by atoms with van der Waals surface area (Å²) in [6, 6.07) is 25.6. The third-order valence-electron chi connectivity index (χ3n) is 5.25. The summed E-state index contributed by atoms with van der Waals surface area (Å²) in [5, 5.41) is 7.37. The van der Waals surface area contributed by atoms with Crippen molar-refractivity contribution in [3.63, 3.8) is 0 Å². The van der Waals surface area contributed by atoms with Gasteiger partial charge in [-0.25, -0.2) is 0 Å². The van der Waals surface area contributed by atoms with Crippen LogP contribution in [0.25, 0.3) is 10.8 Å². The molecule has 0 spiro atoms. The minimum Gasteiger partial charge on any atom is -0.493 e. The lowest BCUT2D eigenvalue weighted by Gasteiger charge is -2.12. The van der Waals surface area contributed by atoms with E-state index < -0.39 is 0 Å². The Bertz CT molecular complexity index is 1260. The average molecular weight is 461 g/mol. The van der Waals surface area contributed by atoms with Crippen molar-refractivity contribution in [1.29, 1.82) is 0 Å². The predicted octanol–water partition coefficient (Wildman–Crippen LogP) is 6.21. The van der Waals surface area contributed by atoms with E-state index in [1.165, 1.54) is 0 Å². The van der Waals surface area contributed by atoms with Crippen molar-refractivity contribution >= 4 is 28.6 Å². The number of nitrogens with zero attached hydrogens (tertiary/aromatic N) is 1. The van der Waals surface area contributed by atoms with Gasteiger partial charge < -0.3 is 19.6 Å². The van der Waals surface area contributed by atoms with Crippen molar-refractivity contribution in [1.82, 2.24) is 5.43 Å². The molecular formula is C27H25ClN2O3. The van der Waals surface area contributed by atoms with Gasteiger partial charge in [0.2, 0.25) is 0 Å². The van der Waals surface area contributed by atoms with Crippen LogP contribution >= 0.6 is 11.6 Å². The Hall–Kier alpha value is -3.70. The van der Waals surface area contributed by atoms with E-state index in [0.29, 0.717) is 29.7 Å². The highest BCUT2D eigenvalue weighted by Crippen LogP contribution is 2.28. The zero-order chi connectivity index (χ0) is 23.0. The molecule has 4 aromatic carbocycles. The minimum absolute atomic E-state index is 0.440. The molecule has 0 saturated heterocycles. The monoisotopic (exact) mass is 460 g/mol. The molecule has 0 heterocycles. The quantitative estimate of drug-likeness (QED) is 0.238. The normalized spacial score (nSPS) is 11.0. The summed E-state index contributed by atoms with van der Waals surface area (Å²) in [6.07, 6.45) is 1.81. The molecule has 0 amide bonds. The molecule has 0 aromatic heterocycles. The molecule has 0 atom stereocenters. The number of methoxy groups -OCH3 is 2. The summed E-state index contributed by atoms with van der Waals surface area (Å²) in [5.74, 6) is 2.15. The first-order valence-electron chi connectivity index (χ1n) is 10.5. The molecule has 4 aromatic rings. The number of rotatable bonds is 9. The van der Waals surface area contributed by atoms with E-state index in [2.05, 4.69) is 28.7 Å². The standard InChI is InChI=1S/C27H25ClN2O3/c1-31-26-13-9-20(15-27(26)32-2)16-29-30-17-24-23-6-4-3-5-21(23)10-14-25(24)33-18-19-7-11-22(28)12-8-19/h3-15,17,29H,16,18H2,1-2H3/b30-17-. The van der Waals surface area contributed by atoms with Crippen LogP contribution in [-0.2, 0) is 13.2 Å². The van der Waals surface area contributed by atoms with Crippen LogP contribution in [0.3, 0.4) is 0 Å². The summed E-state index contributed by atoms with van der Waals surface area (Å²) < 4.78 is 16.8. The van der Waals surface area contributed by atoms with Crippen LogP contribution in [0, 0.1) is 0 Å². The Morgan fingerprint density at radius 3 is 2.33 bits per heavy atom. The summed E-state index contributed by atoms with van der Waals surface area (Å²) >= 11 is 5.99. The highest BCUT2D eigenvalue weighted by atomic mass is 35.5. The fraction of sp³-hybridized carbons (Fsp3) is 0.148. The van der Waals surface area contributed by atoms with Crippen LogP contribution in [0.4, 0.5) is 0 Å². The number of benzene rings is 4. The lowest BCUT2D eigenvalue weighted by atomic mass is 10.0. The maximum atomic E-state index is 6.15. The number of halogens is 1. The van der Waals surface area contributed by atoms with Crippen LogP contribution in [0.2, 0.25) is 5.02 Å². The molecule has 0 saturated carbocycles. The molecular weight excluding hydrogens is 436 g/mol. The molecule has 0 aliphatic rings. The van der Waals surface area contributed by atoms with E-state index in [-0.39, 0.29) is 0 Å². The van der Waals surface area contributed by atoms with Gasteiger partial charge in [0.05, 0.1) is 27.0 Å². The fourth-order valence-electron chi connectivity index (χ4n) is 3.51. The van der Waals surface area contributed by atoms with Gasteiger partial charge in [-0.1, -0.05) is 60.1 Å². The Labute approximate surface area is 198 Å². The average Bonchev–Trinajstić information content (AvgIpc) is 2.86. The van der Waals surface area contributed by atoms with Gasteiger partial charge in [0.25, 0.3) is 0 Å². The largest absolute Gasteiger partial charge is 0.493 e. The van der Waals surface area contributed by atoms with Crippen LogP contribution in [0.15, 0.2) is 84.0 Å². The van der Waals surface area contributed by atoms with E-state index in [4.69, 9.17) is 25.8 Å². The van der Waals surface area contributed by atoms with Crippen molar-refractivity contribution < 1.29 is 14.2 Å². The summed E-state index contributed by atoms with van der Waals surface area (Å²) in [4.78, 5) is 0. The number of hydrogen-bond donors (Lipinski definition) is 1. The molecule has 0 bridgehead atoms. The van der Waals surface area contributed by atoms with Gasteiger partial charge in [-0.3, -0.25) is 0 Å². The van der Waals surface area contributed by atoms with Gasteiger partial charge in [0, 0.05) is 10.6 Å². The first-order chi connectivity index (χ1) is 16.2. The number of ether oxygens (including phenoxy) is 3. The van der Waals surface area contributed by atoms with Gasteiger partial charge in [-0.05, 0) is 52.2 Å². The maximum absolute atomic E-state index is 6.15. The van der Waals surface area contributed by atoms with Crippen LogP contribution < -0.4 is 19.6 Å². The van der Waals surface area contributed by atoms with Crippen LogP contribution in [0.1, 0.15) is 16.7 Å². The van der Waals surface area contributed by atoms with Gasteiger partial charge in [-0.15, -0.1) is 0 Å². The Balaban J connectivity index is 1.52. The third kappa shape index (κ3) is 5.57. The van der Waals surface area contributed by atoms with Gasteiger partial charge >= 0.3 is 0 Å². The zero-order valence-corrected chi connectivity index (χ0v) is 19.3. The van der Waals surface area contributed by atoms with Crippen LogP contribution in [-0.4, -0.2) is 20.4 Å². The second kappa shape index (κ2) is 10.7. The fourth-order valence-corrected chi connectivity index (χ4v) is 3.64. The number of nitrogens with one attached hydrogen (secondary N) is 1. The highest BCUT2D eigenvalue weighted by molar-refractivity contribution is 6.30. The molecule has 0 radical (unpaired) electrons. The third-order valence-corrected chi connectivity index (χ3v) is 5.51. The van der Waals surface area contributed by atoms with Gasteiger partial charge in [-0.2, -0.15) is 5.10 Å². The second-order valence-electron chi connectivity index (χ2n) is 7.40. The molecule has 6 heteroatoms. The van der Waals surface area contributed by atoms with Crippen molar-refractivity contribution in [2.45, 2.75) is 13.2 Å². The summed E-state index contributed by atoms with van der Waals surface area (Å²) in [6.45, 7) is 0.984. The first-order valence-corrected chi connectivity index (χ1v) is 10.9. The number of fused-ring (bicyclic) bond motifs is 1. The Morgan fingerprint density at radius 1 is 0.818 bits per heavy atom. The summed E-state index contributed by atoms with van der Waals surface area (Å²) in [7, 11) is 3.25. The molecule has 5 nitrogen and oxygen atoms in total. The van der Waals surface area contributed by atoms with E-state index in [1.807, 2.05) is 60.7 Å². The van der Waals surface area contributed by atoms with E-state index in [9.17, 15) is 0 Å². The van der Waals surface area contributed by atoms with E-state index in [1.54, 1.807) is 20.4 Å². The van der Waals surface area contributed by atoms with Crippen molar-refractivity contribution in [3.8, 4) is 17.2 Å². The zero-order valence-electron chi connectivity index (χ0n) is 18.5. The smallest absolute Gasteiger partial charge is 0.161 e. The number of hydrogen-bond acceptors (Lipinski definition) is 5. The Morgan fingerprint density at radius 2 is 1.55 bits per heavy atom. The lowest BCUT2D eigenvalue weighted by molar-refractivity contribution is 0.306. The van der Waals surface area contributed by atoms with Crippen molar-refractivity contribution in [2.75, 3.05) is 14.2 Å². The van der Waals surface area contributed by atoms with Crippen molar-refractivity contribution in [2.24, 2.45) is 5.10 Å². The molecule has 0 fully saturated rings. The topological polar surface area (TPSA) is 52.1 Å². The molecule has 33 heavy (non-hydrogen) atoms. The molecule has 4 rings (SSSR count). The van der Waals surface area contributed by atoms with Crippen LogP contribution in [0.5, 0.6) is 17.2 Å². The van der Waals surface area contributed by atoms with Gasteiger partial charge in [0.1, 0.15) is 12.4 Å². The molecule has 0 aliphatic carbocycles. The lowest BCUT2D eigenvalue weighted by Crippen LogP contribution is -2.07. The van der Waals surface area contributed by atoms with Gasteiger partial charge in [0.15, 0.2) is 11.5 Å². The molecule has 0 unspecified atom stereocenters. The SMILES string of the molecule is COc1ccc(CN/N=C\c2c(OCc3ccc(Cl)cc3)ccc3ccccc23)cc1OC. The molecule has 0 aliphatic heterocycles. The number of hydrazone groups is 1. The maximum Gasteiger partial charge on any atom is 0.161 e. The second-order valence-corrected chi connectivity index (χ2v) is 7.83. The Kier molecular flexibility index (Phi) is 7.33. The first kappa shape index (κ1) is 22.5. The molecule has 1 N–H and O–H groups in total. The van der Waals surface area contributed by atoms with Crippen molar-refractivity contribution in [3.05, 3.63) is 101 Å². The summed E-state index contributed by atoms with van der Waals surface area (Å²) in [5.41, 5.74) is 6.11. The highest BCUT2D eigenvalue weighted by Gasteiger charge is 2.08. The molecule has 168 valence electrons. The minimum atomic E-state index is 0.440.